The molecule has 0 radical (unpaired) electrons. The Morgan fingerprint density at radius 1 is 1.19 bits per heavy atom. The highest BCUT2D eigenvalue weighted by atomic mass is 16.5. The van der Waals surface area contributed by atoms with Gasteiger partial charge in [-0.1, -0.05) is 0 Å². The van der Waals surface area contributed by atoms with E-state index in [0.29, 0.717) is 17.9 Å². The van der Waals surface area contributed by atoms with E-state index in [1.54, 1.807) is 12.4 Å². The number of likely N-dealkylation sites (N-methyl/N-ethyl adjacent to an activating group) is 1. The number of anilines is 1. The Labute approximate surface area is 154 Å². The van der Waals surface area contributed by atoms with Crippen LogP contribution in [0.2, 0.25) is 0 Å². The second kappa shape index (κ2) is 8.67. The fourth-order valence-corrected chi connectivity index (χ4v) is 2.92. The van der Waals surface area contributed by atoms with E-state index >= 15 is 0 Å². The van der Waals surface area contributed by atoms with Crippen molar-refractivity contribution in [1.29, 1.82) is 0 Å². The summed E-state index contributed by atoms with van der Waals surface area (Å²) < 4.78 is 5.72. The van der Waals surface area contributed by atoms with E-state index in [1.165, 1.54) is 5.69 Å². The Kier molecular flexibility index (Phi) is 6.07. The summed E-state index contributed by atoms with van der Waals surface area (Å²) in [6.45, 7) is 6.53. The number of benzene rings is 1. The zero-order valence-electron chi connectivity index (χ0n) is 15.4. The first kappa shape index (κ1) is 18.2. The predicted octanol–water partition coefficient (Wildman–Crippen LogP) is 2.03. The molecule has 2 heterocycles. The van der Waals surface area contributed by atoms with Crippen LogP contribution in [-0.2, 0) is 0 Å². The Hall–Kier alpha value is -2.60. The molecule has 0 aliphatic carbocycles. The molecule has 1 N–H and O–H groups in total. The van der Waals surface area contributed by atoms with E-state index < -0.39 is 0 Å². The lowest BCUT2D eigenvalue weighted by Gasteiger charge is -2.34. The normalized spacial score (nSPS) is 16.2. The second-order valence-electron chi connectivity index (χ2n) is 6.66. The summed E-state index contributed by atoms with van der Waals surface area (Å²) in [6.07, 6.45) is 3.23. The molecular formula is C20H26N4O2. The second-order valence-corrected chi connectivity index (χ2v) is 6.66. The molecule has 1 aromatic carbocycles. The third kappa shape index (κ3) is 4.95. The fourth-order valence-electron chi connectivity index (χ4n) is 2.92. The molecule has 138 valence electrons. The average molecular weight is 354 g/mol. The highest BCUT2D eigenvalue weighted by molar-refractivity contribution is 5.94. The van der Waals surface area contributed by atoms with Gasteiger partial charge >= 0.3 is 0 Å². The molecule has 1 saturated heterocycles. The van der Waals surface area contributed by atoms with E-state index in [-0.39, 0.29) is 12.0 Å². The number of hydrogen-bond donors (Lipinski definition) is 1. The van der Waals surface area contributed by atoms with Gasteiger partial charge in [-0.3, -0.25) is 9.78 Å². The van der Waals surface area contributed by atoms with Gasteiger partial charge in [-0.2, -0.15) is 0 Å². The highest BCUT2D eigenvalue weighted by Crippen LogP contribution is 2.17. The third-order valence-electron chi connectivity index (χ3n) is 4.52. The maximum absolute atomic E-state index is 12.3. The number of amides is 1. The first-order valence-corrected chi connectivity index (χ1v) is 9.00. The monoisotopic (exact) mass is 354 g/mol. The number of aromatic nitrogens is 1. The SMILES string of the molecule is CC(CNC(=O)c1ccc(N2CCN(C)CC2)cc1)Oc1cccnc1. The third-order valence-corrected chi connectivity index (χ3v) is 4.52. The summed E-state index contributed by atoms with van der Waals surface area (Å²) in [5.74, 6) is 0.613. The smallest absolute Gasteiger partial charge is 0.251 e. The summed E-state index contributed by atoms with van der Waals surface area (Å²) in [6, 6.07) is 11.5. The van der Waals surface area contributed by atoms with Crippen LogP contribution in [0, 0.1) is 0 Å². The number of rotatable bonds is 6. The number of carbonyl (C=O) groups is 1. The van der Waals surface area contributed by atoms with Crippen molar-refractivity contribution in [3.05, 3.63) is 54.4 Å². The van der Waals surface area contributed by atoms with Gasteiger partial charge in [-0.25, -0.2) is 0 Å². The van der Waals surface area contributed by atoms with Crippen molar-refractivity contribution in [2.45, 2.75) is 13.0 Å². The van der Waals surface area contributed by atoms with Gasteiger partial charge in [-0.15, -0.1) is 0 Å². The van der Waals surface area contributed by atoms with Crippen LogP contribution in [0.3, 0.4) is 0 Å². The standard InChI is InChI=1S/C20H26N4O2/c1-16(26-19-4-3-9-21-15-19)14-22-20(25)17-5-7-18(8-6-17)24-12-10-23(2)11-13-24/h3-9,15-16H,10-14H2,1-2H3,(H,22,25). The number of nitrogens with one attached hydrogen (secondary N) is 1. The summed E-state index contributed by atoms with van der Waals surface area (Å²) in [4.78, 5) is 21.0. The van der Waals surface area contributed by atoms with Crippen LogP contribution in [0.4, 0.5) is 5.69 Å². The van der Waals surface area contributed by atoms with Crippen LogP contribution >= 0.6 is 0 Å². The van der Waals surface area contributed by atoms with Crippen molar-refractivity contribution in [1.82, 2.24) is 15.2 Å². The topological polar surface area (TPSA) is 57.7 Å². The lowest BCUT2D eigenvalue weighted by atomic mass is 10.1. The van der Waals surface area contributed by atoms with Gasteiger partial charge in [0.05, 0.1) is 12.7 Å². The number of nitrogens with zero attached hydrogens (tertiary/aromatic N) is 3. The average Bonchev–Trinajstić information content (AvgIpc) is 2.68. The van der Waals surface area contributed by atoms with Crippen molar-refractivity contribution >= 4 is 11.6 Å². The summed E-state index contributed by atoms with van der Waals surface area (Å²) in [5.41, 5.74) is 1.83. The molecule has 1 aliphatic heterocycles. The van der Waals surface area contributed by atoms with Crippen LogP contribution in [0.15, 0.2) is 48.8 Å². The maximum Gasteiger partial charge on any atom is 0.251 e. The molecule has 1 aliphatic rings. The van der Waals surface area contributed by atoms with Crippen LogP contribution in [0.25, 0.3) is 0 Å². The predicted molar refractivity (Wildman–Crippen MR) is 103 cm³/mol. The molecule has 1 atom stereocenters. The Morgan fingerprint density at radius 3 is 2.58 bits per heavy atom. The van der Waals surface area contributed by atoms with Gasteiger partial charge in [0.25, 0.3) is 5.91 Å². The quantitative estimate of drug-likeness (QED) is 0.860. The van der Waals surface area contributed by atoms with Crippen LogP contribution < -0.4 is 15.0 Å². The summed E-state index contributed by atoms with van der Waals surface area (Å²) in [7, 11) is 2.14. The Bertz CT molecular complexity index is 698. The van der Waals surface area contributed by atoms with Crippen molar-refractivity contribution < 1.29 is 9.53 Å². The molecular weight excluding hydrogens is 328 g/mol. The fraction of sp³-hybridized carbons (Fsp3) is 0.400. The number of hydrogen-bond acceptors (Lipinski definition) is 5. The molecule has 1 aromatic heterocycles. The number of carbonyl (C=O) groups excluding carboxylic acids is 1. The molecule has 1 amide bonds. The molecule has 26 heavy (non-hydrogen) atoms. The van der Waals surface area contributed by atoms with Gasteiger partial charge in [0.15, 0.2) is 0 Å². The van der Waals surface area contributed by atoms with Crippen LogP contribution in [-0.4, -0.2) is 61.7 Å². The first-order chi connectivity index (χ1) is 12.6. The van der Waals surface area contributed by atoms with Gasteiger partial charge in [-0.05, 0) is 50.4 Å². The lowest BCUT2D eigenvalue weighted by Crippen LogP contribution is -2.44. The molecule has 3 rings (SSSR count). The molecule has 1 fully saturated rings. The molecule has 1 unspecified atom stereocenters. The number of ether oxygens (including phenoxy) is 1. The summed E-state index contributed by atoms with van der Waals surface area (Å²) in [5, 5.41) is 2.92. The Morgan fingerprint density at radius 2 is 1.92 bits per heavy atom. The van der Waals surface area contributed by atoms with Crippen molar-refractivity contribution in [3.63, 3.8) is 0 Å². The van der Waals surface area contributed by atoms with E-state index in [0.717, 1.165) is 26.2 Å². The summed E-state index contributed by atoms with van der Waals surface area (Å²) >= 11 is 0. The molecule has 6 nitrogen and oxygen atoms in total. The zero-order valence-corrected chi connectivity index (χ0v) is 15.4. The minimum absolute atomic E-state index is 0.0865. The van der Waals surface area contributed by atoms with E-state index in [9.17, 15) is 4.79 Å². The van der Waals surface area contributed by atoms with E-state index in [1.807, 2.05) is 43.3 Å². The van der Waals surface area contributed by atoms with E-state index in [2.05, 4.69) is 27.1 Å². The lowest BCUT2D eigenvalue weighted by molar-refractivity contribution is 0.0932. The van der Waals surface area contributed by atoms with Crippen molar-refractivity contribution in [2.75, 3.05) is 44.7 Å². The van der Waals surface area contributed by atoms with Crippen molar-refractivity contribution in [2.24, 2.45) is 0 Å². The number of pyridine rings is 1. The Balaban J connectivity index is 1.48. The van der Waals surface area contributed by atoms with E-state index in [4.69, 9.17) is 4.74 Å². The van der Waals surface area contributed by atoms with Gasteiger partial charge in [0.2, 0.25) is 0 Å². The highest BCUT2D eigenvalue weighted by Gasteiger charge is 2.15. The molecule has 6 heteroatoms. The largest absolute Gasteiger partial charge is 0.487 e. The first-order valence-electron chi connectivity index (χ1n) is 9.00. The van der Waals surface area contributed by atoms with Crippen LogP contribution in [0.5, 0.6) is 5.75 Å². The minimum Gasteiger partial charge on any atom is -0.487 e. The molecule has 0 saturated carbocycles. The van der Waals surface area contributed by atoms with Crippen molar-refractivity contribution in [3.8, 4) is 5.75 Å². The molecule has 0 spiro atoms. The van der Waals surface area contributed by atoms with Gasteiger partial charge in [0.1, 0.15) is 11.9 Å². The van der Waals surface area contributed by atoms with Crippen LogP contribution in [0.1, 0.15) is 17.3 Å². The zero-order chi connectivity index (χ0) is 18.4. The van der Waals surface area contributed by atoms with Gasteiger partial charge in [0, 0.05) is 43.6 Å². The number of piperazine rings is 1. The maximum atomic E-state index is 12.3. The molecule has 2 aromatic rings. The molecule has 0 bridgehead atoms. The minimum atomic E-state index is -0.132. The van der Waals surface area contributed by atoms with Gasteiger partial charge < -0.3 is 19.9 Å².